The lowest BCUT2D eigenvalue weighted by atomic mass is 10.1. The monoisotopic (exact) mass is 334 g/mol. The second-order valence-electron chi connectivity index (χ2n) is 4.56. The van der Waals surface area contributed by atoms with Gasteiger partial charge in [-0.15, -0.1) is 0 Å². The molecule has 0 unspecified atom stereocenters. The molecule has 22 heavy (non-hydrogen) atoms. The van der Waals surface area contributed by atoms with Crippen LogP contribution in [0.15, 0.2) is 42.5 Å². The first-order chi connectivity index (χ1) is 10.5. The molecular formula is C15H8Cl2N2O3. The van der Waals surface area contributed by atoms with E-state index in [0.717, 1.165) is 0 Å². The van der Waals surface area contributed by atoms with Gasteiger partial charge in [-0.3, -0.25) is 19.8 Å². The lowest BCUT2D eigenvalue weighted by molar-refractivity contribution is 0.0518. The second-order valence-corrected chi connectivity index (χ2v) is 5.38. The number of nitrogens with zero attached hydrogens (tertiary/aromatic N) is 1. The van der Waals surface area contributed by atoms with Gasteiger partial charge in [0.15, 0.2) is 0 Å². The largest absolute Gasteiger partial charge is 0.280 e. The van der Waals surface area contributed by atoms with Gasteiger partial charge in [-0.2, -0.15) is 5.01 Å². The molecule has 7 heteroatoms. The van der Waals surface area contributed by atoms with Gasteiger partial charge in [-0.05, 0) is 30.3 Å². The molecule has 3 amide bonds. The van der Waals surface area contributed by atoms with Crippen LogP contribution in [-0.2, 0) is 0 Å². The van der Waals surface area contributed by atoms with Crippen LogP contribution in [0.1, 0.15) is 31.1 Å². The molecule has 1 N–H and O–H groups in total. The summed E-state index contributed by atoms with van der Waals surface area (Å²) >= 11 is 11.6. The maximum Gasteiger partial charge on any atom is 0.280 e. The highest BCUT2D eigenvalue weighted by Gasteiger charge is 2.36. The predicted molar refractivity (Wildman–Crippen MR) is 80.9 cm³/mol. The highest BCUT2D eigenvalue weighted by atomic mass is 35.5. The number of benzene rings is 2. The number of nitrogens with one attached hydrogen (secondary N) is 1. The molecule has 0 radical (unpaired) electrons. The van der Waals surface area contributed by atoms with Gasteiger partial charge < -0.3 is 0 Å². The van der Waals surface area contributed by atoms with E-state index in [9.17, 15) is 14.4 Å². The summed E-state index contributed by atoms with van der Waals surface area (Å²) in [6, 6.07) is 10.6. The molecule has 0 saturated carbocycles. The molecule has 110 valence electrons. The van der Waals surface area contributed by atoms with E-state index in [1.54, 1.807) is 12.1 Å². The van der Waals surface area contributed by atoms with Crippen LogP contribution in [0.4, 0.5) is 0 Å². The number of imide groups is 1. The van der Waals surface area contributed by atoms with Crippen molar-refractivity contribution < 1.29 is 14.4 Å². The first-order valence-electron chi connectivity index (χ1n) is 6.23. The number of amides is 3. The molecule has 0 saturated heterocycles. The van der Waals surface area contributed by atoms with Crippen molar-refractivity contribution in [1.82, 2.24) is 10.4 Å². The Hall–Kier alpha value is -2.37. The minimum atomic E-state index is -0.631. The Labute approximate surface area is 135 Å². The summed E-state index contributed by atoms with van der Waals surface area (Å²) in [5, 5.41) is 1.20. The Morgan fingerprint density at radius 3 is 2.05 bits per heavy atom. The van der Waals surface area contributed by atoms with Crippen molar-refractivity contribution in [2.75, 3.05) is 0 Å². The van der Waals surface area contributed by atoms with Gasteiger partial charge in [0.25, 0.3) is 17.7 Å². The van der Waals surface area contributed by atoms with Crippen molar-refractivity contribution in [2.45, 2.75) is 0 Å². The van der Waals surface area contributed by atoms with Crippen molar-refractivity contribution in [3.63, 3.8) is 0 Å². The summed E-state index contributed by atoms with van der Waals surface area (Å²) in [5.74, 6) is -1.78. The van der Waals surface area contributed by atoms with Crippen LogP contribution >= 0.6 is 23.2 Å². The Kier molecular flexibility index (Phi) is 3.60. The van der Waals surface area contributed by atoms with Crippen LogP contribution in [0.5, 0.6) is 0 Å². The number of hydrogen-bond donors (Lipinski definition) is 1. The molecule has 1 aliphatic heterocycles. The van der Waals surface area contributed by atoms with Crippen LogP contribution in [-0.4, -0.2) is 22.7 Å². The highest BCUT2D eigenvalue weighted by molar-refractivity contribution is 6.42. The zero-order valence-electron chi connectivity index (χ0n) is 11.0. The zero-order chi connectivity index (χ0) is 15.9. The van der Waals surface area contributed by atoms with Crippen molar-refractivity contribution in [2.24, 2.45) is 0 Å². The Balaban J connectivity index is 1.85. The van der Waals surface area contributed by atoms with E-state index < -0.39 is 17.7 Å². The summed E-state index contributed by atoms with van der Waals surface area (Å²) in [6.07, 6.45) is 0. The number of halogens is 2. The van der Waals surface area contributed by atoms with E-state index in [2.05, 4.69) is 5.43 Å². The van der Waals surface area contributed by atoms with Crippen molar-refractivity contribution >= 4 is 40.9 Å². The number of carbonyl (C=O) groups excluding carboxylic acids is 3. The molecule has 1 heterocycles. The van der Waals surface area contributed by atoms with Crippen molar-refractivity contribution in [1.29, 1.82) is 0 Å². The molecule has 3 rings (SSSR count). The van der Waals surface area contributed by atoms with E-state index in [4.69, 9.17) is 23.2 Å². The zero-order valence-corrected chi connectivity index (χ0v) is 12.5. The van der Waals surface area contributed by atoms with E-state index >= 15 is 0 Å². The third kappa shape index (κ3) is 2.34. The smallest absolute Gasteiger partial charge is 0.267 e. The molecule has 0 bridgehead atoms. The molecular weight excluding hydrogens is 327 g/mol. The summed E-state index contributed by atoms with van der Waals surface area (Å²) in [5.41, 5.74) is 2.97. The molecule has 5 nitrogen and oxygen atoms in total. The highest BCUT2D eigenvalue weighted by Crippen LogP contribution is 2.24. The van der Waals surface area contributed by atoms with Gasteiger partial charge >= 0.3 is 0 Å². The van der Waals surface area contributed by atoms with E-state index in [1.165, 1.54) is 30.3 Å². The first kappa shape index (κ1) is 14.6. The molecule has 2 aromatic carbocycles. The average molecular weight is 335 g/mol. The molecule has 0 spiro atoms. The topological polar surface area (TPSA) is 66.5 Å². The summed E-state index contributed by atoms with van der Waals surface area (Å²) in [7, 11) is 0. The fourth-order valence-corrected chi connectivity index (χ4v) is 2.39. The van der Waals surface area contributed by atoms with Crippen molar-refractivity contribution in [3.8, 4) is 0 Å². The summed E-state index contributed by atoms with van der Waals surface area (Å²) in [4.78, 5) is 36.4. The molecule has 1 aliphatic rings. The Morgan fingerprint density at radius 1 is 0.909 bits per heavy atom. The number of hydrazine groups is 1. The van der Waals surface area contributed by atoms with Gasteiger partial charge in [0.2, 0.25) is 0 Å². The standard InChI is InChI=1S/C15H8Cl2N2O3/c16-11-6-5-8(7-12(11)17)13(20)18-19-14(21)9-3-1-2-4-10(9)15(19)22/h1-7H,(H,18,20). The minimum absolute atomic E-state index is 0.186. The summed E-state index contributed by atoms with van der Waals surface area (Å²) in [6.45, 7) is 0. The number of fused-ring (bicyclic) bond motifs is 1. The van der Waals surface area contributed by atoms with Crippen LogP contribution in [0, 0.1) is 0 Å². The maximum atomic E-state index is 12.1. The molecule has 0 fully saturated rings. The minimum Gasteiger partial charge on any atom is -0.267 e. The van der Waals surface area contributed by atoms with E-state index in [0.29, 0.717) is 10.0 Å². The fraction of sp³-hybridized carbons (Fsp3) is 0. The molecule has 0 atom stereocenters. The first-order valence-corrected chi connectivity index (χ1v) is 6.98. The maximum absolute atomic E-state index is 12.1. The summed E-state index contributed by atoms with van der Waals surface area (Å²) < 4.78 is 0. The molecule has 0 aliphatic carbocycles. The normalized spacial score (nSPS) is 13.3. The predicted octanol–water partition coefficient (Wildman–Crippen LogP) is 2.93. The third-order valence-electron chi connectivity index (χ3n) is 3.19. The van der Waals surface area contributed by atoms with Crippen LogP contribution in [0.2, 0.25) is 10.0 Å². The van der Waals surface area contributed by atoms with Gasteiger partial charge in [0, 0.05) is 5.56 Å². The number of hydrogen-bond acceptors (Lipinski definition) is 3. The van der Waals surface area contributed by atoms with Crippen LogP contribution in [0.25, 0.3) is 0 Å². The quantitative estimate of drug-likeness (QED) is 0.858. The lowest BCUT2D eigenvalue weighted by Crippen LogP contribution is -2.45. The molecule has 0 aromatic heterocycles. The SMILES string of the molecule is O=C(NN1C(=O)c2ccccc2C1=O)c1ccc(Cl)c(Cl)c1. The van der Waals surface area contributed by atoms with Crippen LogP contribution in [0.3, 0.4) is 0 Å². The fourth-order valence-electron chi connectivity index (χ4n) is 2.09. The van der Waals surface area contributed by atoms with E-state index in [1.807, 2.05) is 0 Å². The van der Waals surface area contributed by atoms with E-state index in [-0.39, 0.29) is 21.7 Å². The number of carbonyl (C=O) groups is 3. The lowest BCUT2D eigenvalue weighted by Gasteiger charge is -2.15. The van der Waals surface area contributed by atoms with Gasteiger partial charge in [0.1, 0.15) is 0 Å². The Morgan fingerprint density at radius 2 is 1.50 bits per heavy atom. The molecule has 2 aromatic rings. The van der Waals surface area contributed by atoms with Gasteiger partial charge in [-0.1, -0.05) is 35.3 Å². The number of rotatable bonds is 2. The van der Waals surface area contributed by atoms with Gasteiger partial charge in [-0.25, -0.2) is 0 Å². The Bertz CT molecular complexity index is 785. The third-order valence-corrected chi connectivity index (χ3v) is 3.93. The van der Waals surface area contributed by atoms with Crippen molar-refractivity contribution in [3.05, 3.63) is 69.2 Å². The van der Waals surface area contributed by atoms with Crippen LogP contribution < -0.4 is 5.43 Å². The van der Waals surface area contributed by atoms with Gasteiger partial charge in [0.05, 0.1) is 21.2 Å². The average Bonchev–Trinajstić information content (AvgIpc) is 2.75. The second kappa shape index (κ2) is 5.44.